The van der Waals surface area contributed by atoms with Gasteiger partial charge in [0, 0.05) is 31.3 Å². The summed E-state index contributed by atoms with van der Waals surface area (Å²) in [4.78, 5) is 25.1. The zero-order valence-corrected chi connectivity index (χ0v) is 20.1. The van der Waals surface area contributed by atoms with Crippen LogP contribution in [0, 0.1) is 17.0 Å². The average Bonchev–Trinajstić information content (AvgIpc) is 2.80. The van der Waals surface area contributed by atoms with Crippen molar-refractivity contribution in [3.8, 4) is 0 Å². The standard InChI is InChI=1S/C28H36F2N2O3/c29-21-7-8-24(30)20(16-21)17-22(31)18-23(33)9-13-28(11-4-12-28)14-10-26(34)27(35)25(32)15-19-5-2-1-3-6-19/h1-3,5-8,16,22,25,27,35H,4,9-15,17-18,31-32H2. The number of benzene rings is 2. The molecule has 2 aromatic rings. The van der Waals surface area contributed by atoms with Gasteiger partial charge in [-0.3, -0.25) is 9.59 Å². The van der Waals surface area contributed by atoms with Crippen molar-refractivity contribution in [3.63, 3.8) is 0 Å². The van der Waals surface area contributed by atoms with Crippen LogP contribution in [-0.2, 0) is 22.4 Å². The third kappa shape index (κ3) is 8.02. The number of aliphatic hydroxyl groups is 1. The van der Waals surface area contributed by atoms with Gasteiger partial charge >= 0.3 is 0 Å². The van der Waals surface area contributed by atoms with Gasteiger partial charge in [0.15, 0.2) is 5.78 Å². The quantitative estimate of drug-likeness (QED) is 0.374. The molecule has 0 spiro atoms. The summed E-state index contributed by atoms with van der Waals surface area (Å²) in [6.45, 7) is 0. The van der Waals surface area contributed by atoms with Crippen LogP contribution >= 0.6 is 0 Å². The van der Waals surface area contributed by atoms with E-state index in [1.165, 1.54) is 0 Å². The number of carbonyl (C=O) groups excluding carboxylic acids is 2. The molecule has 5 N–H and O–H groups in total. The van der Waals surface area contributed by atoms with E-state index in [1.807, 2.05) is 30.3 Å². The summed E-state index contributed by atoms with van der Waals surface area (Å²) in [6.07, 6.45) is 4.19. The summed E-state index contributed by atoms with van der Waals surface area (Å²) in [5, 5.41) is 10.4. The monoisotopic (exact) mass is 486 g/mol. The first-order valence-corrected chi connectivity index (χ1v) is 12.4. The Labute approximate surface area is 205 Å². The minimum absolute atomic E-state index is 0.0168. The molecule has 0 saturated heterocycles. The first kappa shape index (κ1) is 27.1. The first-order chi connectivity index (χ1) is 16.7. The summed E-state index contributed by atoms with van der Waals surface area (Å²) in [5.74, 6) is -1.34. The van der Waals surface area contributed by atoms with Crippen LogP contribution in [0.15, 0.2) is 48.5 Å². The molecule has 0 radical (unpaired) electrons. The summed E-state index contributed by atoms with van der Waals surface area (Å²) in [5.41, 5.74) is 13.2. The van der Waals surface area contributed by atoms with Crippen LogP contribution in [0.4, 0.5) is 8.78 Å². The highest BCUT2D eigenvalue weighted by atomic mass is 19.1. The van der Waals surface area contributed by atoms with Crippen LogP contribution in [0.1, 0.15) is 62.5 Å². The highest BCUT2D eigenvalue weighted by Gasteiger charge is 2.38. The topological polar surface area (TPSA) is 106 Å². The van der Waals surface area contributed by atoms with Crippen molar-refractivity contribution in [3.05, 3.63) is 71.3 Å². The van der Waals surface area contributed by atoms with E-state index in [1.54, 1.807) is 0 Å². The molecule has 2 aromatic carbocycles. The van der Waals surface area contributed by atoms with Gasteiger partial charge in [0.25, 0.3) is 0 Å². The van der Waals surface area contributed by atoms with Crippen LogP contribution in [-0.4, -0.2) is 34.9 Å². The lowest BCUT2D eigenvalue weighted by atomic mass is 9.63. The van der Waals surface area contributed by atoms with E-state index in [4.69, 9.17) is 11.5 Å². The second-order valence-electron chi connectivity index (χ2n) is 10.1. The Kier molecular flexibility index (Phi) is 9.66. The average molecular weight is 487 g/mol. The number of hydrogen-bond acceptors (Lipinski definition) is 5. The van der Waals surface area contributed by atoms with E-state index in [2.05, 4.69) is 0 Å². The van der Waals surface area contributed by atoms with Gasteiger partial charge in [-0.25, -0.2) is 8.78 Å². The number of hydrogen-bond donors (Lipinski definition) is 3. The van der Waals surface area contributed by atoms with E-state index >= 15 is 0 Å². The summed E-state index contributed by atoms with van der Waals surface area (Å²) in [6, 6.07) is 11.5. The molecule has 35 heavy (non-hydrogen) atoms. The number of Topliss-reactive ketones (excluding diaryl/α,β-unsaturated/α-hetero) is 2. The molecule has 0 heterocycles. The minimum Gasteiger partial charge on any atom is -0.384 e. The van der Waals surface area contributed by atoms with Crippen LogP contribution in [0.3, 0.4) is 0 Å². The number of aliphatic hydroxyl groups excluding tert-OH is 1. The van der Waals surface area contributed by atoms with Gasteiger partial charge in [0.1, 0.15) is 23.5 Å². The highest BCUT2D eigenvalue weighted by molar-refractivity contribution is 5.83. The number of carbonyl (C=O) groups is 2. The Morgan fingerprint density at radius 1 is 0.971 bits per heavy atom. The summed E-state index contributed by atoms with van der Waals surface area (Å²) in [7, 11) is 0. The number of ketones is 2. The maximum Gasteiger partial charge on any atom is 0.162 e. The molecule has 1 aliphatic rings. The molecule has 1 aliphatic carbocycles. The fourth-order valence-electron chi connectivity index (χ4n) is 4.93. The van der Waals surface area contributed by atoms with E-state index in [-0.39, 0.29) is 41.8 Å². The third-order valence-electron chi connectivity index (χ3n) is 7.28. The largest absolute Gasteiger partial charge is 0.384 e. The van der Waals surface area contributed by atoms with E-state index in [0.717, 1.165) is 43.0 Å². The molecule has 0 amide bonds. The van der Waals surface area contributed by atoms with Crippen molar-refractivity contribution in [2.45, 2.75) is 82.4 Å². The predicted molar refractivity (Wildman–Crippen MR) is 132 cm³/mol. The smallest absolute Gasteiger partial charge is 0.162 e. The first-order valence-electron chi connectivity index (χ1n) is 12.4. The van der Waals surface area contributed by atoms with Crippen molar-refractivity contribution in [2.75, 3.05) is 0 Å². The molecule has 1 saturated carbocycles. The Bertz CT molecular complexity index is 995. The SMILES string of the molecule is NC(CC(=O)CCC1(CCC(=O)C(O)C(N)Cc2ccccc2)CCC1)Cc1cc(F)ccc1F. The van der Waals surface area contributed by atoms with Crippen LogP contribution in [0.25, 0.3) is 0 Å². The molecule has 7 heteroatoms. The molecule has 0 aromatic heterocycles. The molecule has 5 nitrogen and oxygen atoms in total. The van der Waals surface area contributed by atoms with Gasteiger partial charge in [-0.2, -0.15) is 0 Å². The lowest BCUT2D eigenvalue weighted by Gasteiger charge is -2.42. The van der Waals surface area contributed by atoms with Crippen LogP contribution in [0.2, 0.25) is 0 Å². The molecule has 3 unspecified atom stereocenters. The zero-order valence-electron chi connectivity index (χ0n) is 20.1. The maximum atomic E-state index is 13.8. The minimum atomic E-state index is -1.21. The van der Waals surface area contributed by atoms with Gasteiger partial charge in [0.05, 0.1) is 0 Å². The number of nitrogens with two attached hydrogens (primary N) is 2. The van der Waals surface area contributed by atoms with Crippen molar-refractivity contribution >= 4 is 11.6 Å². The molecule has 3 rings (SSSR count). The fraction of sp³-hybridized carbons (Fsp3) is 0.500. The third-order valence-corrected chi connectivity index (χ3v) is 7.28. The summed E-state index contributed by atoms with van der Waals surface area (Å²) < 4.78 is 27.2. The van der Waals surface area contributed by atoms with Crippen molar-refractivity contribution < 1.29 is 23.5 Å². The number of rotatable bonds is 14. The maximum absolute atomic E-state index is 13.8. The highest BCUT2D eigenvalue weighted by Crippen LogP contribution is 2.48. The summed E-state index contributed by atoms with van der Waals surface area (Å²) >= 11 is 0. The van der Waals surface area contributed by atoms with Gasteiger partial charge in [-0.05, 0) is 73.3 Å². The molecule has 0 bridgehead atoms. The van der Waals surface area contributed by atoms with Crippen molar-refractivity contribution in [1.29, 1.82) is 0 Å². The van der Waals surface area contributed by atoms with Gasteiger partial charge in [0.2, 0.25) is 0 Å². The van der Waals surface area contributed by atoms with Crippen molar-refractivity contribution in [2.24, 2.45) is 16.9 Å². The fourth-order valence-corrected chi connectivity index (χ4v) is 4.93. The zero-order chi connectivity index (χ0) is 25.4. The Hall–Kier alpha value is -2.48. The Morgan fingerprint density at radius 3 is 2.31 bits per heavy atom. The Morgan fingerprint density at radius 2 is 1.66 bits per heavy atom. The second kappa shape index (κ2) is 12.5. The normalized spacial score (nSPS) is 17.3. The van der Waals surface area contributed by atoms with Gasteiger partial charge < -0.3 is 16.6 Å². The van der Waals surface area contributed by atoms with Crippen LogP contribution < -0.4 is 11.5 Å². The predicted octanol–water partition coefficient (Wildman–Crippen LogP) is 4.02. The van der Waals surface area contributed by atoms with E-state index in [0.29, 0.717) is 25.7 Å². The molecular formula is C28H36F2N2O3. The van der Waals surface area contributed by atoms with Gasteiger partial charge in [-0.15, -0.1) is 0 Å². The van der Waals surface area contributed by atoms with Gasteiger partial charge in [-0.1, -0.05) is 36.8 Å². The van der Waals surface area contributed by atoms with Crippen LogP contribution in [0.5, 0.6) is 0 Å². The molecule has 3 atom stereocenters. The van der Waals surface area contributed by atoms with Crippen molar-refractivity contribution in [1.82, 2.24) is 0 Å². The molecular weight excluding hydrogens is 450 g/mol. The lowest BCUT2D eigenvalue weighted by Crippen LogP contribution is -2.42. The van der Waals surface area contributed by atoms with E-state index in [9.17, 15) is 23.5 Å². The second-order valence-corrected chi connectivity index (χ2v) is 10.1. The lowest BCUT2D eigenvalue weighted by molar-refractivity contribution is -0.129. The molecule has 1 fully saturated rings. The number of halogens is 2. The molecule has 0 aliphatic heterocycles. The van der Waals surface area contributed by atoms with E-state index < -0.39 is 29.8 Å². The molecule has 190 valence electrons. The Balaban J connectivity index is 1.43.